The van der Waals surface area contributed by atoms with Crippen LogP contribution in [0.4, 0.5) is 11.5 Å². The van der Waals surface area contributed by atoms with Crippen molar-refractivity contribution in [1.29, 1.82) is 0 Å². The second-order valence-corrected chi connectivity index (χ2v) is 10.4. The Kier molecular flexibility index (Phi) is 6.16. The van der Waals surface area contributed by atoms with Gasteiger partial charge in [0.2, 0.25) is 0 Å². The van der Waals surface area contributed by atoms with E-state index in [-0.39, 0.29) is 17.9 Å². The molecule has 0 spiro atoms. The third-order valence-corrected chi connectivity index (χ3v) is 7.85. The lowest BCUT2D eigenvalue weighted by Gasteiger charge is -2.29. The van der Waals surface area contributed by atoms with E-state index in [0.29, 0.717) is 28.2 Å². The summed E-state index contributed by atoms with van der Waals surface area (Å²) in [4.78, 5) is 29.6. The average Bonchev–Trinajstić information content (AvgIpc) is 3.46. The zero-order chi connectivity index (χ0) is 24.5. The summed E-state index contributed by atoms with van der Waals surface area (Å²) >= 11 is 1.67. The molecular weight excluding hydrogens is 472 g/mol. The van der Waals surface area contributed by atoms with Gasteiger partial charge < -0.3 is 20.9 Å². The molecule has 0 radical (unpaired) electrons. The largest absolute Gasteiger partial charge is 0.369 e. The van der Waals surface area contributed by atoms with Gasteiger partial charge in [-0.05, 0) is 72.7 Å². The first-order valence-corrected chi connectivity index (χ1v) is 13.2. The van der Waals surface area contributed by atoms with Crippen molar-refractivity contribution < 1.29 is 9.59 Å². The fraction of sp³-hybridized carbons (Fsp3) is 0.296. The lowest BCUT2D eigenvalue weighted by molar-refractivity contribution is 0.0932. The number of piperazine rings is 1. The van der Waals surface area contributed by atoms with Crippen LogP contribution in [0, 0.1) is 5.92 Å². The topological polar surface area (TPSA) is 102 Å². The predicted octanol–water partition coefficient (Wildman–Crippen LogP) is 4.17. The molecule has 1 saturated carbocycles. The van der Waals surface area contributed by atoms with Gasteiger partial charge in [-0.1, -0.05) is 6.07 Å². The predicted molar refractivity (Wildman–Crippen MR) is 143 cm³/mol. The third-order valence-electron chi connectivity index (χ3n) is 6.90. The molecular formula is C27H28N6O2S. The lowest BCUT2D eigenvalue weighted by atomic mass is 10.1. The first-order valence-electron chi connectivity index (χ1n) is 12.4. The van der Waals surface area contributed by atoms with Crippen molar-refractivity contribution in [3.05, 3.63) is 76.0 Å². The highest BCUT2D eigenvalue weighted by Crippen LogP contribution is 2.42. The minimum absolute atomic E-state index is 0.0425. The third kappa shape index (κ3) is 4.72. The molecule has 1 saturated heterocycles. The van der Waals surface area contributed by atoms with Gasteiger partial charge in [-0.2, -0.15) is 5.10 Å². The fourth-order valence-electron chi connectivity index (χ4n) is 4.72. The number of carbonyl (C=O) groups is 2. The standard InChI is InChI=1S/C27H28N6O2S/c34-26(18-5-8-20(9-6-18)33-13-11-28-12-14-33)30-25-21-16-19(7-10-22(21)31-32-25)27(35)29-24(17-3-4-17)23-2-1-15-36-23/h1-2,5-10,15-17,24,28H,3-4,11-14H2,(H,29,35)(H2,30,31,32,34). The second-order valence-electron chi connectivity index (χ2n) is 9.37. The normalized spacial score (nSPS) is 16.6. The summed E-state index contributed by atoms with van der Waals surface area (Å²) in [6.07, 6.45) is 2.27. The van der Waals surface area contributed by atoms with Crippen LogP contribution in [0.5, 0.6) is 0 Å². The molecule has 2 amide bonds. The lowest BCUT2D eigenvalue weighted by Crippen LogP contribution is -2.43. The van der Waals surface area contributed by atoms with Crippen molar-refractivity contribution in [3.63, 3.8) is 0 Å². The Hall–Kier alpha value is -3.69. The number of thiophene rings is 1. The molecule has 1 aliphatic carbocycles. The molecule has 6 rings (SSSR count). The van der Waals surface area contributed by atoms with Crippen molar-refractivity contribution in [1.82, 2.24) is 20.8 Å². The van der Waals surface area contributed by atoms with E-state index >= 15 is 0 Å². The van der Waals surface area contributed by atoms with E-state index in [4.69, 9.17) is 0 Å². The maximum atomic E-state index is 13.1. The highest BCUT2D eigenvalue weighted by atomic mass is 32.1. The Morgan fingerprint density at radius 2 is 1.78 bits per heavy atom. The maximum Gasteiger partial charge on any atom is 0.256 e. The molecule has 2 aromatic heterocycles. The van der Waals surface area contributed by atoms with Crippen LogP contribution in [-0.2, 0) is 0 Å². The van der Waals surface area contributed by atoms with E-state index in [0.717, 1.165) is 50.2 Å². The summed E-state index contributed by atoms with van der Waals surface area (Å²) in [6.45, 7) is 3.83. The van der Waals surface area contributed by atoms with Gasteiger partial charge in [-0.3, -0.25) is 14.7 Å². The Balaban J connectivity index is 1.17. The fourth-order valence-corrected chi connectivity index (χ4v) is 5.59. The SMILES string of the molecule is O=C(Nc1n[nH]c2ccc(C(=O)NC(c3cccs3)C3CC3)cc12)c1ccc(N2CCNCC2)cc1. The molecule has 4 N–H and O–H groups in total. The molecule has 0 bridgehead atoms. The first kappa shape index (κ1) is 22.8. The number of rotatable bonds is 7. The van der Waals surface area contributed by atoms with E-state index < -0.39 is 0 Å². The van der Waals surface area contributed by atoms with Crippen molar-refractivity contribution >= 4 is 45.6 Å². The molecule has 4 aromatic rings. The van der Waals surface area contributed by atoms with Gasteiger partial charge in [0.25, 0.3) is 11.8 Å². The summed E-state index contributed by atoms with van der Waals surface area (Å²) in [6, 6.07) is 17.2. The number of aromatic nitrogens is 2. The van der Waals surface area contributed by atoms with Crippen LogP contribution in [0.3, 0.4) is 0 Å². The smallest absolute Gasteiger partial charge is 0.256 e. The van der Waals surface area contributed by atoms with Gasteiger partial charge in [0.1, 0.15) is 0 Å². The van der Waals surface area contributed by atoms with Crippen molar-refractivity contribution in [2.45, 2.75) is 18.9 Å². The van der Waals surface area contributed by atoms with E-state index in [9.17, 15) is 9.59 Å². The van der Waals surface area contributed by atoms with Crippen LogP contribution in [0.1, 0.15) is 44.5 Å². The number of fused-ring (bicyclic) bond motifs is 1. The summed E-state index contributed by atoms with van der Waals surface area (Å²) < 4.78 is 0. The first-order chi connectivity index (χ1) is 17.7. The van der Waals surface area contributed by atoms with Crippen molar-refractivity contribution in [3.8, 4) is 0 Å². The number of benzene rings is 2. The number of carbonyl (C=O) groups excluding carboxylic acids is 2. The van der Waals surface area contributed by atoms with E-state index in [1.165, 1.54) is 4.88 Å². The van der Waals surface area contributed by atoms with Gasteiger partial charge >= 0.3 is 0 Å². The highest BCUT2D eigenvalue weighted by molar-refractivity contribution is 7.10. The molecule has 9 heteroatoms. The number of hydrogen-bond donors (Lipinski definition) is 4. The van der Waals surface area contributed by atoms with Gasteiger partial charge in [0, 0.05) is 53.3 Å². The average molecular weight is 501 g/mol. The zero-order valence-electron chi connectivity index (χ0n) is 19.8. The number of nitrogens with one attached hydrogen (secondary N) is 4. The molecule has 1 atom stereocenters. The number of amides is 2. The number of hydrogen-bond acceptors (Lipinski definition) is 6. The Morgan fingerprint density at radius 1 is 1.00 bits per heavy atom. The van der Waals surface area contributed by atoms with Crippen LogP contribution in [0.25, 0.3) is 10.9 Å². The minimum atomic E-state index is -0.239. The van der Waals surface area contributed by atoms with Gasteiger partial charge in [0.05, 0.1) is 11.6 Å². The van der Waals surface area contributed by atoms with E-state index in [2.05, 4.69) is 37.1 Å². The summed E-state index contributed by atoms with van der Waals surface area (Å²) in [5, 5.41) is 19.5. The van der Waals surface area contributed by atoms with Crippen molar-refractivity contribution in [2.24, 2.45) is 5.92 Å². The molecule has 2 aromatic carbocycles. The van der Waals surface area contributed by atoms with Gasteiger partial charge in [-0.25, -0.2) is 0 Å². The highest BCUT2D eigenvalue weighted by Gasteiger charge is 2.34. The van der Waals surface area contributed by atoms with Gasteiger partial charge in [0.15, 0.2) is 5.82 Å². The van der Waals surface area contributed by atoms with Crippen molar-refractivity contribution in [2.75, 3.05) is 36.4 Å². The summed E-state index contributed by atoms with van der Waals surface area (Å²) in [5.41, 5.74) is 2.97. The molecule has 8 nitrogen and oxygen atoms in total. The molecule has 3 heterocycles. The molecule has 36 heavy (non-hydrogen) atoms. The Morgan fingerprint density at radius 3 is 2.50 bits per heavy atom. The molecule has 1 unspecified atom stereocenters. The van der Waals surface area contributed by atoms with Crippen LogP contribution < -0.4 is 20.9 Å². The summed E-state index contributed by atoms with van der Waals surface area (Å²) in [7, 11) is 0. The zero-order valence-corrected chi connectivity index (χ0v) is 20.6. The van der Waals surface area contributed by atoms with Gasteiger partial charge in [-0.15, -0.1) is 11.3 Å². The number of aromatic amines is 1. The number of nitrogens with zero attached hydrogens (tertiary/aromatic N) is 2. The van der Waals surface area contributed by atoms with E-state index in [1.54, 1.807) is 23.5 Å². The monoisotopic (exact) mass is 500 g/mol. The Bertz CT molecular complexity index is 1370. The van der Waals surface area contributed by atoms with Crippen LogP contribution >= 0.6 is 11.3 Å². The molecule has 2 aliphatic rings. The number of H-pyrrole nitrogens is 1. The Labute approximate surface area is 213 Å². The van der Waals surface area contributed by atoms with E-state index in [1.807, 2.05) is 41.8 Å². The second kappa shape index (κ2) is 9.75. The summed E-state index contributed by atoms with van der Waals surface area (Å²) in [5.74, 6) is 0.548. The molecule has 2 fully saturated rings. The number of anilines is 2. The van der Waals surface area contributed by atoms with Crippen LogP contribution in [0.2, 0.25) is 0 Å². The minimum Gasteiger partial charge on any atom is -0.369 e. The quantitative estimate of drug-likeness (QED) is 0.305. The molecule has 184 valence electrons. The molecule has 1 aliphatic heterocycles. The van der Waals surface area contributed by atoms with Crippen LogP contribution in [-0.4, -0.2) is 48.2 Å². The van der Waals surface area contributed by atoms with Crippen LogP contribution in [0.15, 0.2) is 60.0 Å². The maximum absolute atomic E-state index is 13.1.